The molecule has 0 saturated heterocycles. The van der Waals surface area contributed by atoms with Gasteiger partial charge in [-0.3, -0.25) is 4.98 Å². The molecule has 2 aromatic heterocycles. The Labute approximate surface area is 94.1 Å². The van der Waals surface area contributed by atoms with E-state index in [1.165, 1.54) is 0 Å². The highest BCUT2D eigenvalue weighted by atomic mass is 16.5. The van der Waals surface area contributed by atoms with E-state index in [0.29, 0.717) is 18.2 Å². The first kappa shape index (κ1) is 10.6. The molecule has 0 unspecified atom stereocenters. The maximum Gasteiger partial charge on any atom is 0.219 e. The van der Waals surface area contributed by atoms with Gasteiger partial charge in [0.25, 0.3) is 0 Å². The van der Waals surface area contributed by atoms with Crippen LogP contribution in [0.3, 0.4) is 0 Å². The number of ether oxygens (including phenoxy) is 1. The average Bonchev–Trinajstić information content (AvgIpc) is 2.33. The second-order valence-electron chi connectivity index (χ2n) is 3.33. The van der Waals surface area contributed by atoms with E-state index in [0.717, 1.165) is 12.0 Å². The maximum absolute atomic E-state index is 5.51. The first-order valence-corrected chi connectivity index (χ1v) is 5.11. The lowest BCUT2D eigenvalue weighted by Gasteiger charge is -2.04. The highest BCUT2D eigenvalue weighted by Gasteiger charge is 1.98. The molecule has 0 aliphatic heterocycles. The van der Waals surface area contributed by atoms with Crippen molar-refractivity contribution < 1.29 is 4.74 Å². The number of hydrogen-bond acceptors (Lipinski definition) is 4. The zero-order valence-corrected chi connectivity index (χ0v) is 8.84. The summed E-state index contributed by atoms with van der Waals surface area (Å²) >= 11 is 0. The van der Waals surface area contributed by atoms with Gasteiger partial charge in [-0.1, -0.05) is 6.07 Å². The summed E-state index contributed by atoms with van der Waals surface area (Å²) in [7, 11) is 0. The van der Waals surface area contributed by atoms with Crippen molar-refractivity contribution in [2.45, 2.75) is 6.42 Å². The van der Waals surface area contributed by atoms with Gasteiger partial charge in [-0.2, -0.15) is 0 Å². The van der Waals surface area contributed by atoms with Gasteiger partial charge in [0.1, 0.15) is 5.75 Å². The summed E-state index contributed by atoms with van der Waals surface area (Å²) in [4.78, 5) is 8.15. The third-order valence-electron chi connectivity index (χ3n) is 2.09. The fourth-order valence-electron chi connectivity index (χ4n) is 1.31. The molecule has 0 saturated carbocycles. The van der Waals surface area contributed by atoms with Gasteiger partial charge in [-0.15, -0.1) is 0 Å². The van der Waals surface area contributed by atoms with Crippen LogP contribution in [-0.2, 0) is 6.42 Å². The molecule has 0 radical (unpaired) electrons. The lowest BCUT2D eigenvalue weighted by atomic mass is 10.2. The molecule has 2 heterocycles. The van der Waals surface area contributed by atoms with Crippen molar-refractivity contribution in [1.29, 1.82) is 0 Å². The van der Waals surface area contributed by atoms with Crippen LogP contribution in [0.25, 0.3) is 0 Å². The predicted molar refractivity (Wildman–Crippen MR) is 61.3 cm³/mol. The number of aromatic nitrogens is 2. The second kappa shape index (κ2) is 5.23. The van der Waals surface area contributed by atoms with Gasteiger partial charge >= 0.3 is 0 Å². The van der Waals surface area contributed by atoms with E-state index >= 15 is 0 Å². The molecule has 82 valence electrons. The lowest BCUT2D eigenvalue weighted by molar-refractivity contribution is 0.460. The smallest absolute Gasteiger partial charge is 0.219 e. The quantitative estimate of drug-likeness (QED) is 0.844. The topological polar surface area (TPSA) is 61.0 Å². The Bertz CT molecular complexity index is 428. The van der Waals surface area contributed by atoms with Crippen LogP contribution in [0.2, 0.25) is 0 Å². The molecule has 0 spiro atoms. The van der Waals surface area contributed by atoms with Crippen molar-refractivity contribution >= 4 is 0 Å². The van der Waals surface area contributed by atoms with Gasteiger partial charge in [0.05, 0.1) is 6.20 Å². The van der Waals surface area contributed by atoms with Crippen LogP contribution in [0.15, 0.2) is 42.9 Å². The van der Waals surface area contributed by atoms with Gasteiger partial charge < -0.3 is 10.5 Å². The van der Waals surface area contributed by atoms with Crippen LogP contribution in [0, 0.1) is 0 Å². The van der Waals surface area contributed by atoms with E-state index in [1.54, 1.807) is 18.6 Å². The minimum atomic E-state index is 0.564. The first-order chi connectivity index (χ1) is 7.88. The van der Waals surface area contributed by atoms with E-state index in [-0.39, 0.29) is 0 Å². The molecule has 0 aromatic carbocycles. The van der Waals surface area contributed by atoms with Crippen LogP contribution in [-0.4, -0.2) is 16.5 Å². The molecular formula is C12H13N3O. The van der Waals surface area contributed by atoms with Gasteiger partial charge in [-0.05, 0) is 30.7 Å². The Morgan fingerprint density at radius 1 is 1.19 bits per heavy atom. The molecule has 0 amide bonds. The van der Waals surface area contributed by atoms with Gasteiger partial charge in [-0.25, -0.2) is 4.98 Å². The molecule has 0 fully saturated rings. The largest absolute Gasteiger partial charge is 0.437 e. The molecule has 2 aromatic rings. The minimum Gasteiger partial charge on any atom is -0.437 e. The number of nitrogens with zero attached hydrogens (tertiary/aromatic N) is 2. The summed E-state index contributed by atoms with van der Waals surface area (Å²) < 4.78 is 5.51. The lowest BCUT2D eigenvalue weighted by Crippen LogP contribution is -2.02. The van der Waals surface area contributed by atoms with Crippen LogP contribution in [0.1, 0.15) is 5.56 Å². The van der Waals surface area contributed by atoms with Gasteiger partial charge in [0.2, 0.25) is 5.88 Å². The summed E-state index contributed by atoms with van der Waals surface area (Å²) in [6, 6.07) is 7.45. The fraction of sp³-hybridized carbons (Fsp3) is 0.167. The molecule has 4 nitrogen and oxygen atoms in total. The Morgan fingerprint density at radius 3 is 2.75 bits per heavy atom. The molecular weight excluding hydrogens is 202 g/mol. The molecule has 0 atom stereocenters. The number of rotatable bonds is 4. The van der Waals surface area contributed by atoms with Crippen LogP contribution < -0.4 is 10.5 Å². The van der Waals surface area contributed by atoms with E-state index in [9.17, 15) is 0 Å². The van der Waals surface area contributed by atoms with E-state index in [1.807, 2.05) is 24.3 Å². The monoisotopic (exact) mass is 215 g/mol. The second-order valence-corrected chi connectivity index (χ2v) is 3.33. The Morgan fingerprint density at radius 2 is 2.12 bits per heavy atom. The van der Waals surface area contributed by atoms with Crippen molar-refractivity contribution in [3.05, 3.63) is 48.4 Å². The molecule has 0 bridgehead atoms. The predicted octanol–water partition coefficient (Wildman–Crippen LogP) is 1.77. The Hall–Kier alpha value is -1.94. The summed E-state index contributed by atoms with van der Waals surface area (Å²) in [6.45, 7) is 0.629. The van der Waals surface area contributed by atoms with Crippen molar-refractivity contribution in [3.63, 3.8) is 0 Å². The first-order valence-electron chi connectivity index (χ1n) is 5.11. The highest BCUT2D eigenvalue weighted by Crippen LogP contribution is 2.17. The summed E-state index contributed by atoms with van der Waals surface area (Å²) in [5.74, 6) is 1.25. The molecule has 4 heteroatoms. The number of pyridine rings is 2. The van der Waals surface area contributed by atoms with Gasteiger partial charge in [0, 0.05) is 18.5 Å². The SMILES string of the molecule is NCCc1ccc(Oc2cccnc2)nc1. The third kappa shape index (κ3) is 2.77. The normalized spacial score (nSPS) is 10.1. The fourth-order valence-corrected chi connectivity index (χ4v) is 1.31. The highest BCUT2D eigenvalue weighted by molar-refractivity contribution is 5.25. The molecule has 16 heavy (non-hydrogen) atoms. The van der Waals surface area contributed by atoms with Crippen molar-refractivity contribution in [2.75, 3.05) is 6.54 Å². The summed E-state index contributed by atoms with van der Waals surface area (Å²) in [5.41, 5.74) is 6.57. The molecule has 0 aliphatic carbocycles. The molecule has 0 aliphatic rings. The van der Waals surface area contributed by atoms with Crippen LogP contribution >= 0.6 is 0 Å². The minimum absolute atomic E-state index is 0.564. The van der Waals surface area contributed by atoms with E-state index in [2.05, 4.69) is 9.97 Å². The van der Waals surface area contributed by atoms with Crippen molar-refractivity contribution in [3.8, 4) is 11.6 Å². The van der Waals surface area contributed by atoms with Crippen LogP contribution in [0.4, 0.5) is 0 Å². The zero-order valence-electron chi connectivity index (χ0n) is 8.84. The standard InChI is InChI=1S/C12H13N3O/c13-6-5-10-3-4-12(15-8-10)16-11-2-1-7-14-9-11/h1-4,7-9H,5-6,13H2. The number of nitrogens with two attached hydrogens (primary N) is 1. The summed E-state index contributed by atoms with van der Waals surface area (Å²) in [6.07, 6.45) is 5.96. The van der Waals surface area contributed by atoms with Gasteiger partial charge in [0.15, 0.2) is 0 Å². The zero-order chi connectivity index (χ0) is 11.2. The van der Waals surface area contributed by atoms with E-state index in [4.69, 9.17) is 10.5 Å². The maximum atomic E-state index is 5.51. The van der Waals surface area contributed by atoms with Crippen molar-refractivity contribution in [2.24, 2.45) is 5.73 Å². The van der Waals surface area contributed by atoms with E-state index < -0.39 is 0 Å². The third-order valence-corrected chi connectivity index (χ3v) is 2.09. The Balaban J connectivity index is 2.05. The Kier molecular flexibility index (Phi) is 3.46. The molecule has 2 N–H and O–H groups in total. The van der Waals surface area contributed by atoms with Crippen molar-refractivity contribution in [1.82, 2.24) is 9.97 Å². The summed E-state index contributed by atoms with van der Waals surface area (Å²) in [5, 5.41) is 0. The molecule has 2 rings (SSSR count). The average molecular weight is 215 g/mol. The van der Waals surface area contributed by atoms with Crippen LogP contribution in [0.5, 0.6) is 11.6 Å². The number of hydrogen-bond donors (Lipinski definition) is 1.